The number of cyclic esters (lactones) is 1. The van der Waals surface area contributed by atoms with Gasteiger partial charge in [-0.1, -0.05) is 84.0 Å². The predicted octanol–water partition coefficient (Wildman–Crippen LogP) is 3.23. The van der Waals surface area contributed by atoms with Crippen molar-refractivity contribution >= 4 is 17.7 Å². The maximum Gasteiger partial charge on any atom is 0.343 e. The minimum Gasteiger partial charge on any atom is -0.455 e. The van der Waals surface area contributed by atoms with Crippen molar-refractivity contribution < 1.29 is 34.1 Å². The maximum absolute atomic E-state index is 11.9. The minimum absolute atomic E-state index is 0.186. The predicted molar refractivity (Wildman–Crippen MR) is 108 cm³/mol. The van der Waals surface area contributed by atoms with E-state index in [4.69, 9.17) is 4.74 Å². The van der Waals surface area contributed by atoms with Crippen LogP contribution in [0.4, 0.5) is 0 Å². The molecule has 0 aromatic rings. The quantitative estimate of drug-likeness (QED) is 0.214. The van der Waals surface area contributed by atoms with Gasteiger partial charge in [0.2, 0.25) is 18.0 Å². The third-order valence-electron chi connectivity index (χ3n) is 5.30. The molecule has 29 heavy (non-hydrogen) atoms. The summed E-state index contributed by atoms with van der Waals surface area (Å²) in [6.45, 7) is 1.58. The van der Waals surface area contributed by atoms with Crippen LogP contribution in [0.3, 0.4) is 0 Å². The number of Topliss-reactive ketones (excluding diaryl/α,β-unsaturated/α-hetero) is 1. The highest BCUT2D eigenvalue weighted by atomic mass is 16.6. The average molecular weight is 415 g/mol. The van der Waals surface area contributed by atoms with Crippen molar-refractivity contribution in [3.05, 3.63) is 0 Å². The van der Waals surface area contributed by atoms with E-state index in [1.807, 2.05) is 0 Å². The Balaban J connectivity index is 2.01. The van der Waals surface area contributed by atoms with Crippen molar-refractivity contribution in [2.24, 2.45) is 0 Å². The van der Waals surface area contributed by atoms with Crippen LogP contribution >= 0.6 is 0 Å². The molecule has 1 heterocycles. The number of hydrogen-bond acceptors (Lipinski definition) is 7. The Morgan fingerprint density at radius 2 is 1.41 bits per heavy atom. The highest BCUT2D eigenvalue weighted by molar-refractivity contribution is 6.09. The van der Waals surface area contributed by atoms with Gasteiger partial charge in [0.15, 0.2) is 6.10 Å². The molecule has 1 unspecified atom stereocenters. The van der Waals surface area contributed by atoms with Crippen LogP contribution in [0.25, 0.3) is 0 Å². The van der Waals surface area contributed by atoms with Gasteiger partial charge >= 0.3 is 11.9 Å². The van der Waals surface area contributed by atoms with Crippen molar-refractivity contribution in [1.29, 1.82) is 0 Å². The van der Waals surface area contributed by atoms with Gasteiger partial charge in [-0.25, -0.2) is 4.79 Å². The number of aliphatic hydroxyl groups excluding tert-OH is 2. The third kappa shape index (κ3) is 10.2. The minimum atomic E-state index is -1.87. The fourth-order valence-corrected chi connectivity index (χ4v) is 3.49. The molecule has 1 aliphatic rings. The van der Waals surface area contributed by atoms with E-state index < -0.39 is 42.6 Å². The van der Waals surface area contributed by atoms with Gasteiger partial charge in [0.25, 0.3) is 0 Å². The Hall–Kier alpha value is -1.47. The normalized spacial score (nSPS) is 20.0. The molecule has 1 saturated heterocycles. The Morgan fingerprint density at radius 3 is 1.83 bits per heavy atom. The topological polar surface area (TPSA) is 110 Å². The molecule has 7 heteroatoms. The van der Waals surface area contributed by atoms with E-state index in [1.165, 1.54) is 57.8 Å². The summed E-state index contributed by atoms with van der Waals surface area (Å²) in [5.74, 6) is -2.51. The zero-order valence-electron chi connectivity index (χ0n) is 17.8. The highest BCUT2D eigenvalue weighted by Crippen LogP contribution is 2.18. The number of hydrogen-bond donors (Lipinski definition) is 2. The Morgan fingerprint density at radius 1 is 0.931 bits per heavy atom. The SMILES string of the molecule is CCCCCCCCCCCCCCCC(=O)O[C@@H](CO)[C@H]1OC(=O)C(O)C1=O. The van der Waals surface area contributed by atoms with Gasteiger partial charge in [-0.3, -0.25) is 9.59 Å². The number of ketones is 1. The number of aliphatic hydroxyl groups is 2. The summed E-state index contributed by atoms with van der Waals surface area (Å²) in [4.78, 5) is 34.8. The van der Waals surface area contributed by atoms with E-state index in [0.29, 0.717) is 6.42 Å². The molecule has 2 N–H and O–H groups in total. The Bertz CT molecular complexity index is 492. The van der Waals surface area contributed by atoms with Crippen LogP contribution in [-0.4, -0.2) is 52.9 Å². The second-order valence-corrected chi connectivity index (χ2v) is 7.87. The molecule has 0 saturated carbocycles. The van der Waals surface area contributed by atoms with Crippen LogP contribution in [0.15, 0.2) is 0 Å². The zero-order chi connectivity index (χ0) is 21.5. The summed E-state index contributed by atoms with van der Waals surface area (Å²) in [5, 5.41) is 18.6. The molecule has 7 nitrogen and oxygen atoms in total. The number of esters is 2. The molecular formula is C22H38O7. The fourth-order valence-electron chi connectivity index (χ4n) is 3.49. The fraction of sp³-hybridized carbons (Fsp3) is 0.864. The molecule has 3 atom stereocenters. The van der Waals surface area contributed by atoms with Gasteiger partial charge in [0.1, 0.15) is 0 Å². The van der Waals surface area contributed by atoms with Crippen molar-refractivity contribution in [1.82, 2.24) is 0 Å². The molecule has 0 radical (unpaired) electrons. The van der Waals surface area contributed by atoms with Crippen LogP contribution in [0, 0.1) is 0 Å². The summed E-state index contributed by atoms with van der Waals surface area (Å²) in [6, 6.07) is 0. The van der Waals surface area contributed by atoms with E-state index >= 15 is 0 Å². The third-order valence-corrected chi connectivity index (χ3v) is 5.30. The molecule has 0 aromatic heterocycles. The van der Waals surface area contributed by atoms with Gasteiger partial charge in [-0.2, -0.15) is 0 Å². The second-order valence-electron chi connectivity index (χ2n) is 7.87. The lowest BCUT2D eigenvalue weighted by atomic mass is 10.0. The number of carbonyl (C=O) groups excluding carboxylic acids is 3. The van der Waals surface area contributed by atoms with E-state index in [0.717, 1.165) is 19.3 Å². The van der Waals surface area contributed by atoms with Gasteiger partial charge in [-0.15, -0.1) is 0 Å². The lowest BCUT2D eigenvalue weighted by Gasteiger charge is -2.19. The van der Waals surface area contributed by atoms with Crippen molar-refractivity contribution in [2.75, 3.05) is 6.61 Å². The molecule has 0 aromatic carbocycles. The van der Waals surface area contributed by atoms with E-state index in [1.54, 1.807) is 0 Å². The summed E-state index contributed by atoms with van der Waals surface area (Å²) in [5.41, 5.74) is 0. The summed E-state index contributed by atoms with van der Waals surface area (Å²) >= 11 is 0. The number of rotatable bonds is 17. The molecule has 0 spiro atoms. The Labute approximate surface area is 174 Å². The molecule has 0 aliphatic carbocycles. The highest BCUT2D eigenvalue weighted by Gasteiger charge is 2.47. The number of ether oxygens (including phenoxy) is 2. The molecule has 1 rings (SSSR count). The van der Waals surface area contributed by atoms with Gasteiger partial charge in [0, 0.05) is 6.42 Å². The standard InChI is InChI=1S/C22H38O7/c1-2-3-4-5-6-7-8-9-10-11-12-13-14-15-18(24)28-17(16-23)21-19(25)20(26)22(27)29-21/h17,20-21,23,26H,2-16H2,1H3/t17-,20?,21+/m0/s1. The van der Waals surface area contributed by atoms with E-state index in [2.05, 4.69) is 11.7 Å². The first-order valence-corrected chi connectivity index (χ1v) is 11.2. The van der Waals surface area contributed by atoms with Gasteiger partial charge < -0.3 is 19.7 Å². The molecular weight excluding hydrogens is 376 g/mol. The molecule has 0 bridgehead atoms. The summed E-state index contributed by atoms with van der Waals surface area (Å²) in [6.07, 6.45) is 11.3. The van der Waals surface area contributed by atoms with Crippen LogP contribution in [0.1, 0.15) is 96.8 Å². The Kier molecular flexibility index (Phi) is 13.6. The van der Waals surface area contributed by atoms with Crippen LogP contribution in [0.5, 0.6) is 0 Å². The van der Waals surface area contributed by atoms with Crippen molar-refractivity contribution in [2.45, 2.75) is 115 Å². The maximum atomic E-state index is 11.9. The molecule has 168 valence electrons. The van der Waals surface area contributed by atoms with Gasteiger partial charge in [0.05, 0.1) is 6.61 Å². The van der Waals surface area contributed by atoms with Gasteiger partial charge in [-0.05, 0) is 6.42 Å². The first-order valence-electron chi connectivity index (χ1n) is 11.2. The monoisotopic (exact) mass is 414 g/mol. The summed E-state index contributed by atoms with van der Waals surface area (Å²) in [7, 11) is 0. The van der Waals surface area contributed by atoms with Crippen LogP contribution in [0.2, 0.25) is 0 Å². The second kappa shape index (κ2) is 15.4. The van der Waals surface area contributed by atoms with E-state index in [9.17, 15) is 24.6 Å². The number of carbonyl (C=O) groups is 3. The summed E-state index contributed by atoms with van der Waals surface area (Å²) < 4.78 is 9.75. The molecule has 0 amide bonds. The molecule has 1 fully saturated rings. The lowest BCUT2D eigenvalue weighted by Crippen LogP contribution is -2.40. The molecule has 1 aliphatic heterocycles. The lowest BCUT2D eigenvalue weighted by molar-refractivity contribution is -0.166. The first kappa shape index (κ1) is 25.6. The van der Waals surface area contributed by atoms with Crippen LogP contribution in [-0.2, 0) is 23.9 Å². The van der Waals surface area contributed by atoms with E-state index in [-0.39, 0.29) is 6.42 Å². The first-order chi connectivity index (χ1) is 14.0. The smallest absolute Gasteiger partial charge is 0.343 e. The van der Waals surface area contributed by atoms with Crippen LogP contribution < -0.4 is 0 Å². The largest absolute Gasteiger partial charge is 0.455 e. The zero-order valence-corrected chi connectivity index (χ0v) is 17.8. The average Bonchev–Trinajstić information content (AvgIpc) is 2.97. The van der Waals surface area contributed by atoms with Crippen molar-refractivity contribution in [3.8, 4) is 0 Å². The number of unbranched alkanes of at least 4 members (excludes halogenated alkanes) is 12. The van der Waals surface area contributed by atoms with Crippen molar-refractivity contribution in [3.63, 3.8) is 0 Å².